The molecule has 0 radical (unpaired) electrons. The second-order valence-electron chi connectivity index (χ2n) is 4.70. The molecule has 1 aromatic heterocycles. The highest BCUT2D eigenvalue weighted by Crippen LogP contribution is 2.22. The maximum atomic E-state index is 4.52. The van der Waals surface area contributed by atoms with E-state index in [0.29, 0.717) is 12.0 Å². The monoisotopic (exact) mass is 223 g/mol. The number of aryl methyl sites for hydroxylation is 2. The molecule has 0 saturated carbocycles. The summed E-state index contributed by atoms with van der Waals surface area (Å²) in [5.41, 5.74) is 2.43. The minimum atomic E-state index is 0.418. The Morgan fingerprint density at radius 2 is 2.06 bits per heavy atom. The van der Waals surface area contributed by atoms with E-state index in [2.05, 4.69) is 55.8 Å². The van der Waals surface area contributed by atoms with E-state index in [0.717, 1.165) is 18.8 Å². The summed E-state index contributed by atoms with van der Waals surface area (Å²) in [6.45, 7) is 12.9. The Hall–Kier alpha value is -0.830. The molecule has 1 heterocycles. The van der Waals surface area contributed by atoms with E-state index in [1.165, 1.54) is 12.1 Å². The topological polar surface area (TPSA) is 29.9 Å². The molecule has 0 aliphatic heterocycles. The van der Waals surface area contributed by atoms with Gasteiger partial charge in [0.15, 0.2) is 0 Å². The molecule has 3 heteroatoms. The van der Waals surface area contributed by atoms with Crippen molar-refractivity contribution >= 4 is 0 Å². The van der Waals surface area contributed by atoms with E-state index >= 15 is 0 Å². The van der Waals surface area contributed by atoms with Gasteiger partial charge in [-0.25, -0.2) is 0 Å². The average molecular weight is 223 g/mol. The fourth-order valence-corrected chi connectivity index (χ4v) is 2.05. The van der Waals surface area contributed by atoms with Gasteiger partial charge in [0.05, 0.1) is 17.4 Å². The van der Waals surface area contributed by atoms with Gasteiger partial charge >= 0.3 is 0 Å². The molecule has 92 valence electrons. The Morgan fingerprint density at radius 3 is 2.56 bits per heavy atom. The molecule has 0 aliphatic rings. The molecule has 0 aromatic carbocycles. The summed E-state index contributed by atoms with van der Waals surface area (Å²) in [4.78, 5) is 0. The van der Waals surface area contributed by atoms with E-state index in [9.17, 15) is 0 Å². The lowest BCUT2D eigenvalue weighted by atomic mass is 10.0. The van der Waals surface area contributed by atoms with Crippen LogP contribution in [0, 0.1) is 12.8 Å². The predicted octanol–water partition coefficient (Wildman–Crippen LogP) is 2.91. The molecule has 1 rings (SSSR count). The highest BCUT2D eigenvalue weighted by Gasteiger charge is 2.19. The quantitative estimate of drug-likeness (QED) is 0.803. The first-order valence-electron chi connectivity index (χ1n) is 6.37. The van der Waals surface area contributed by atoms with Crippen molar-refractivity contribution in [2.45, 2.75) is 53.6 Å². The van der Waals surface area contributed by atoms with E-state index in [-0.39, 0.29) is 0 Å². The van der Waals surface area contributed by atoms with Crippen LogP contribution in [0.1, 0.15) is 51.5 Å². The Balaban J connectivity index is 2.90. The minimum absolute atomic E-state index is 0.418. The predicted molar refractivity (Wildman–Crippen MR) is 68.5 cm³/mol. The fraction of sp³-hybridized carbons (Fsp3) is 0.769. The molecule has 1 aromatic rings. The number of hydrogen-bond donors (Lipinski definition) is 1. The van der Waals surface area contributed by atoms with Crippen LogP contribution >= 0.6 is 0 Å². The zero-order valence-corrected chi connectivity index (χ0v) is 11.2. The average Bonchev–Trinajstić information content (AvgIpc) is 2.60. The van der Waals surface area contributed by atoms with E-state index in [1.54, 1.807) is 0 Å². The van der Waals surface area contributed by atoms with Gasteiger partial charge in [-0.2, -0.15) is 5.10 Å². The van der Waals surface area contributed by atoms with Crippen LogP contribution < -0.4 is 5.32 Å². The number of hydrogen-bond acceptors (Lipinski definition) is 2. The van der Waals surface area contributed by atoms with Gasteiger partial charge in [0.2, 0.25) is 0 Å². The molecule has 3 nitrogen and oxygen atoms in total. The van der Waals surface area contributed by atoms with Crippen molar-refractivity contribution in [2.75, 3.05) is 6.54 Å². The number of aromatic nitrogens is 2. The zero-order chi connectivity index (χ0) is 12.1. The summed E-state index contributed by atoms with van der Waals surface area (Å²) in [6, 6.07) is 2.62. The molecule has 1 unspecified atom stereocenters. The van der Waals surface area contributed by atoms with Crippen LogP contribution in [-0.2, 0) is 6.54 Å². The smallest absolute Gasteiger partial charge is 0.0597 e. The van der Waals surface area contributed by atoms with Gasteiger partial charge in [0.25, 0.3) is 0 Å². The lowest BCUT2D eigenvalue weighted by molar-refractivity contribution is 0.384. The number of rotatable bonds is 6. The van der Waals surface area contributed by atoms with Crippen molar-refractivity contribution in [1.29, 1.82) is 0 Å². The molecule has 0 amide bonds. The molecule has 1 atom stereocenters. The Kier molecular flexibility index (Phi) is 5.00. The molecular formula is C13H25N3. The van der Waals surface area contributed by atoms with Crippen LogP contribution in [0.15, 0.2) is 6.07 Å². The third-order valence-corrected chi connectivity index (χ3v) is 2.83. The van der Waals surface area contributed by atoms with E-state index < -0.39 is 0 Å². The van der Waals surface area contributed by atoms with Crippen molar-refractivity contribution in [3.63, 3.8) is 0 Å². The maximum absolute atomic E-state index is 4.52. The van der Waals surface area contributed by atoms with Crippen molar-refractivity contribution in [3.8, 4) is 0 Å². The van der Waals surface area contributed by atoms with Gasteiger partial charge in [0.1, 0.15) is 0 Å². The number of nitrogens with one attached hydrogen (secondary N) is 1. The Bertz CT molecular complexity index is 315. The summed E-state index contributed by atoms with van der Waals surface area (Å²) in [6.07, 6.45) is 1.17. The number of nitrogens with zero attached hydrogens (tertiary/aromatic N) is 2. The van der Waals surface area contributed by atoms with Gasteiger partial charge in [-0.15, -0.1) is 0 Å². The van der Waals surface area contributed by atoms with Crippen LogP contribution in [0.4, 0.5) is 0 Å². The first-order chi connectivity index (χ1) is 7.60. The lowest BCUT2D eigenvalue weighted by Crippen LogP contribution is -2.28. The molecule has 0 bridgehead atoms. The largest absolute Gasteiger partial charge is 0.308 e. The fourth-order valence-electron chi connectivity index (χ4n) is 2.05. The Morgan fingerprint density at radius 1 is 1.38 bits per heavy atom. The zero-order valence-electron chi connectivity index (χ0n) is 11.2. The summed E-state index contributed by atoms with van der Waals surface area (Å²) in [7, 11) is 0. The normalized spacial score (nSPS) is 13.4. The van der Waals surface area contributed by atoms with E-state index in [1.807, 2.05) is 0 Å². The summed E-state index contributed by atoms with van der Waals surface area (Å²) < 4.78 is 2.11. The first-order valence-corrected chi connectivity index (χ1v) is 6.37. The van der Waals surface area contributed by atoms with Crippen LogP contribution in [0.5, 0.6) is 0 Å². The summed E-state index contributed by atoms with van der Waals surface area (Å²) >= 11 is 0. The van der Waals surface area contributed by atoms with Crippen LogP contribution in [0.25, 0.3) is 0 Å². The van der Waals surface area contributed by atoms with Crippen molar-refractivity contribution in [2.24, 2.45) is 5.92 Å². The third-order valence-electron chi connectivity index (χ3n) is 2.83. The van der Waals surface area contributed by atoms with Crippen molar-refractivity contribution < 1.29 is 0 Å². The summed E-state index contributed by atoms with van der Waals surface area (Å²) in [5, 5.41) is 8.13. The molecular weight excluding hydrogens is 198 g/mol. The van der Waals surface area contributed by atoms with Crippen molar-refractivity contribution in [3.05, 3.63) is 17.5 Å². The first kappa shape index (κ1) is 13.2. The second kappa shape index (κ2) is 6.04. The van der Waals surface area contributed by atoms with Gasteiger partial charge in [-0.05, 0) is 38.8 Å². The lowest BCUT2D eigenvalue weighted by Gasteiger charge is -2.23. The SMILES string of the molecule is CCCNC(c1cc(C)nn1CC)C(C)C. The molecule has 16 heavy (non-hydrogen) atoms. The highest BCUT2D eigenvalue weighted by atomic mass is 15.3. The van der Waals surface area contributed by atoms with E-state index in [4.69, 9.17) is 0 Å². The van der Waals surface area contributed by atoms with Gasteiger partial charge in [-0.3, -0.25) is 4.68 Å². The second-order valence-corrected chi connectivity index (χ2v) is 4.70. The summed E-state index contributed by atoms with van der Waals surface area (Å²) in [5.74, 6) is 0.591. The molecule has 0 fully saturated rings. The standard InChI is InChI=1S/C13H25N3/c1-6-8-14-13(10(3)4)12-9-11(5)15-16(12)7-2/h9-10,13-14H,6-8H2,1-5H3. The third kappa shape index (κ3) is 3.08. The highest BCUT2D eigenvalue weighted by molar-refractivity contribution is 5.14. The van der Waals surface area contributed by atoms with Crippen molar-refractivity contribution in [1.82, 2.24) is 15.1 Å². The van der Waals surface area contributed by atoms with Gasteiger partial charge in [0, 0.05) is 6.54 Å². The minimum Gasteiger partial charge on any atom is -0.308 e. The maximum Gasteiger partial charge on any atom is 0.0597 e. The Labute approximate surface area is 99.2 Å². The molecule has 0 spiro atoms. The van der Waals surface area contributed by atoms with Crippen LogP contribution in [-0.4, -0.2) is 16.3 Å². The van der Waals surface area contributed by atoms with Crippen LogP contribution in [0.2, 0.25) is 0 Å². The van der Waals surface area contributed by atoms with Gasteiger partial charge in [-0.1, -0.05) is 20.8 Å². The molecule has 1 N–H and O–H groups in total. The van der Waals surface area contributed by atoms with Gasteiger partial charge < -0.3 is 5.32 Å². The van der Waals surface area contributed by atoms with Crippen LogP contribution in [0.3, 0.4) is 0 Å². The molecule has 0 saturated heterocycles. The molecule has 0 aliphatic carbocycles.